The lowest BCUT2D eigenvalue weighted by Crippen LogP contribution is -2.49. The highest BCUT2D eigenvalue weighted by molar-refractivity contribution is 7.13. The quantitative estimate of drug-likeness (QED) is 0.669. The summed E-state index contributed by atoms with van der Waals surface area (Å²) in [6, 6.07) is 12.0. The molecule has 4 rings (SSSR count). The van der Waals surface area contributed by atoms with Gasteiger partial charge in [-0.15, -0.1) is 11.3 Å². The fourth-order valence-electron chi connectivity index (χ4n) is 3.40. The van der Waals surface area contributed by atoms with Gasteiger partial charge in [0.05, 0.1) is 10.9 Å². The Balaban J connectivity index is 1.38. The number of carbonyl (C=O) groups excluding carboxylic acids is 1. The van der Waals surface area contributed by atoms with E-state index in [4.69, 9.17) is 4.52 Å². The first kappa shape index (κ1) is 18.8. The zero-order chi connectivity index (χ0) is 19.7. The summed E-state index contributed by atoms with van der Waals surface area (Å²) in [5.74, 6) is 1.36. The zero-order valence-corrected chi connectivity index (χ0v) is 17.2. The summed E-state index contributed by atoms with van der Waals surface area (Å²) in [5, 5.41) is 4.14. The molecule has 0 aliphatic carbocycles. The molecule has 1 aromatic carbocycles. The van der Waals surface area contributed by atoms with E-state index in [1.807, 2.05) is 48.2 Å². The van der Waals surface area contributed by atoms with Crippen molar-refractivity contribution in [3.05, 3.63) is 57.6 Å². The summed E-state index contributed by atoms with van der Waals surface area (Å²) in [6.07, 6.45) is 0. The summed E-state index contributed by atoms with van der Waals surface area (Å²) in [7, 11) is 0. The molecular weight excluding hydrogens is 372 g/mol. The molecule has 2 aromatic heterocycles. The van der Waals surface area contributed by atoms with Gasteiger partial charge >= 0.3 is 0 Å². The van der Waals surface area contributed by atoms with Gasteiger partial charge in [-0.3, -0.25) is 9.69 Å². The Morgan fingerprint density at radius 3 is 2.43 bits per heavy atom. The Kier molecular flexibility index (Phi) is 5.28. The Labute approximate surface area is 168 Å². The van der Waals surface area contributed by atoms with Gasteiger partial charge in [0, 0.05) is 36.6 Å². The molecular formula is C21H24N4O2S. The molecule has 0 saturated carbocycles. The van der Waals surface area contributed by atoms with Crippen LogP contribution in [0.25, 0.3) is 11.4 Å². The van der Waals surface area contributed by atoms with Crippen LogP contribution < -0.4 is 0 Å². The van der Waals surface area contributed by atoms with Crippen LogP contribution in [-0.2, 0) is 0 Å². The standard InChI is InChI=1S/C21H24N4O2S/c1-14-4-7-17(8-5-14)19-22-20(27-23-19)16(3)24-10-12-25(13-11-24)21(26)18-9-6-15(2)28-18/h4-9,16H,10-13H2,1-3H3/t16-/m0/s1. The van der Waals surface area contributed by atoms with E-state index in [1.165, 1.54) is 5.56 Å². The van der Waals surface area contributed by atoms with Crippen LogP contribution in [0.5, 0.6) is 0 Å². The van der Waals surface area contributed by atoms with E-state index >= 15 is 0 Å². The number of hydrogen-bond donors (Lipinski definition) is 0. The average Bonchev–Trinajstić information content (AvgIpc) is 3.37. The Hall–Kier alpha value is -2.51. The molecule has 1 amide bonds. The van der Waals surface area contributed by atoms with Crippen LogP contribution in [0.2, 0.25) is 0 Å². The third-order valence-electron chi connectivity index (χ3n) is 5.21. The van der Waals surface area contributed by atoms with E-state index in [1.54, 1.807) is 11.3 Å². The number of rotatable bonds is 4. The molecule has 146 valence electrons. The highest BCUT2D eigenvalue weighted by atomic mass is 32.1. The maximum absolute atomic E-state index is 12.6. The van der Waals surface area contributed by atoms with Crippen LogP contribution in [0.15, 0.2) is 40.9 Å². The molecule has 7 heteroatoms. The minimum atomic E-state index is 0.0212. The Morgan fingerprint density at radius 1 is 1.07 bits per heavy atom. The van der Waals surface area contributed by atoms with E-state index in [0.717, 1.165) is 28.4 Å². The first-order valence-corrected chi connectivity index (χ1v) is 10.3. The summed E-state index contributed by atoms with van der Waals surface area (Å²) < 4.78 is 5.53. The first-order chi connectivity index (χ1) is 13.5. The molecule has 6 nitrogen and oxygen atoms in total. The Morgan fingerprint density at radius 2 is 1.79 bits per heavy atom. The largest absolute Gasteiger partial charge is 0.337 e. The van der Waals surface area contributed by atoms with Crippen molar-refractivity contribution in [2.24, 2.45) is 0 Å². The lowest BCUT2D eigenvalue weighted by atomic mass is 10.1. The molecule has 0 N–H and O–H groups in total. The van der Waals surface area contributed by atoms with Crippen LogP contribution in [0.1, 0.15) is 39.0 Å². The summed E-state index contributed by atoms with van der Waals surface area (Å²) in [6.45, 7) is 9.15. The Bertz CT molecular complexity index is 955. The van der Waals surface area contributed by atoms with Crippen molar-refractivity contribution in [3.63, 3.8) is 0 Å². The molecule has 1 atom stereocenters. The van der Waals surface area contributed by atoms with Crippen molar-refractivity contribution >= 4 is 17.2 Å². The summed E-state index contributed by atoms with van der Waals surface area (Å²) in [4.78, 5) is 23.4. The molecule has 1 aliphatic heterocycles. The second-order valence-electron chi connectivity index (χ2n) is 7.24. The molecule has 0 bridgehead atoms. The highest BCUT2D eigenvalue weighted by Gasteiger charge is 2.28. The van der Waals surface area contributed by atoms with Gasteiger partial charge in [-0.2, -0.15) is 4.98 Å². The molecule has 1 aliphatic rings. The number of hydrogen-bond acceptors (Lipinski definition) is 6. The second-order valence-corrected chi connectivity index (χ2v) is 8.52. The van der Waals surface area contributed by atoms with Crippen LogP contribution in [-0.4, -0.2) is 52.0 Å². The number of nitrogens with zero attached hydrogens (tertiary/aromatic N) is 4. The lowest BCUT2D eigenvalue weighted by Gasteiger charge is -2.36. The van der Waals surface area contributed by atoms with Gasteiger partial charge in [0.1, 0.15) is 0 Å². The number of aromatic nitrogens is 2. The van der Waals surface area contributed by atoms with Gasteiger partial charge in [0.15, 0.2) is 0 Å². The number of piperazine rings is 1. The molecule has 0 unspecified atom stereocenters. The zero-order valence-electron chi connectivity index (χ0n) is 16.4. The molecule has 1 fully saturated rings. The first-order valence-electron chi connectivity index (χ1n) is 9.51. The fraction of sp³-hybridized carbons (Fsp3) is 0.381. The minimum Gasteiger partial charge on any atom is -0.337 e. The number of amides is 1. The van der Waals surface area contributed by atoms with Gasteiger partial charge in [-0.25, -0.2) is 0 Å². The van der Waals surface area contributed by atoms with Gasteiger partial charge < -0.3 is 9.42 Å². The van der Waals surface area contributed by atoms with Crippen LogP contribution >= 0.6 is 11.3 Å². The monoisotopic (exact) mass is 396 g/mol. The lowest BCUT2D eigenvalue weighted by molar-refractivity contribution is 0.0556. The summed E-state index contributed by atoms with van der Waals surface area (Å²) in [5.41, 5.74) is 2.15. The van der Waals surface area contributed by atoms with Crippen LogP contribution in [0.4, 0.5) is 0 Å². The number of aryl methyl sites for hydroxylation is 2. The van der Waals surface area contributed by atoms with Crippen molar-refractivity contribution in [1.29, 1.82) is 0 Å². The van der Waals surface area contributed by atoms with Crippen molar-refractivity contribution < 1.29 is 9.32 Å². The van der Waals surface area contributed by atoms with Gasteiger partial charge in [0.2, 0.25) is 11.7 Å². The van der Waals surface area contributed by atoms with Gasteiger partial charge in [0.25, 0.3) is 5.91 Å². The highest BCUT2D eigenvalue weighted by Crippen LogP contribution is 2.25. The van der Waals surface area contributed by atoms with E-state index in [9.17, 15) is 4.79 Å². The smallest absolute Gasteiger partial charge is 0.264 e. The second kappa shape index (κ2) is 7.85. The van der Waals surface area contributed by atoms with Crippen molar-refractivity contribution in [1.82, 2.24) is 19.9 Å². The molecule has 3 aromatic rings. The third kappa shape index (κ3) is 3.86. The van der Waals surface area contributed by atoms with Crippen molar-refractivity contribution in [3.8, 4) is 11.4 Å². The molecule has 0 spiro atoms. The van der Waals surface area contributed by atoms with Gasteiger partial charge in [-0.1, -0.05) is 35.0 Å². The molecule has 0 radical (unpaired) electrons. The number of benzene rings is 1. The molecule has 3 heterocycles. The maximum atomic E-state index is 12.6. The molecule has 28 heavy (non-hydrogen) atoms. The van der Waals surface area contributed by atoms with E-state index in [-0.39, 0.29) is 11.9 Å². The SMILES string of the molecule is Cc1ccc(-c2noc([C@H](C)N3CCN(C(=O)c4ccc(C)s4)CC3)n2)cc1. The number of thiophene rings is 1. The van der Waals surface area contributed by atoms with Crippen molar-refractivity contribution in [2.45, 2.75) is 26.8 Å². The number of carbonyl (C=O) groups is 1. The van der Waals surface area contributed by atoms with Crippen LogP contribution in [0.3, 0.4) is 0 Å². The van der Waals surface area contributed by atoms with Gasteiger partial charge in [-0.05, 0) is 32.9 Å². The molecule has 1 saturated heterocycles. The summed E-state index contributed by atoms with van der Waals surface area (Å²) >= 11 is 1.56. The van der Waals surface area contributed by atoms with Crippen LogP contribution in [0, 0.1) is 13.8 Å². The minimum absolute atomic E-state index is 0.0212. The third-order valence-corrected chi connectivity index (χ3v) is 6.20. The van der Waals surface area contributed by atoms with E-state index in [2.05, 4.69) is 28.9 Å². The van der Waals surface area contributed by atoms with Crippen molar-refractivity contribution in [2.75, 3.05) is 26.2 Å². The average molecular weight is 397 g/mol. The van der Waals surface area contributed by atoms with E-state index < -0.39 is 0 Å². The topological polar surface area (TPSA) is 62.5 Å². The maximum Gasteiger partial charge on any atom is 0.264 e. The predicted octanol–water partition coefficient (Wildman–Crippen LogP) is 3.93. The fourth-order valence-corrected chi connectivity index (χ4v) is 4.23. The normalized spacial score (nSPS) is 16.3. The predicted molar refractivity (Wildman–Crippen MR) is 109 cm³/mol. The van der Waals surface area contributed by atoms with E-state index in [0.29, 0.717) is 24.8 Å².